The number of halogens is 1. The smallest absolute Gasteiger partial charge is 0.0411 e. The Balaban J connectivity index is 3.19. The van der Waals surface area contributed by atoms with Crippen molar-refractivity contribution in [3.05, 3.63) is 17.7 Å². The minimum atomic E-state index is 0.968. The predicted molar refractivity (Wildman–Crippen MR) is 72.6 cm³/mol. The second-order valence-corrected chi connectivity index (χ2v) is 4.03. The van der Waals surface area contributed by atoms with Crippen LogP contribution < -0.4 is 16.0 Å². The lowest BCUT2D eigenvalue weighted by atomic mass is 10.1. The molecule has 1 rings (SSSR count). The SMILES string of the molecule is CNc1cc(NC)c(CCBr)c(NC)c1. The van der Waals surface area contributed by atoms with Gasteiger partial charge < -0.3 is 16.0 Å². The fourth-order valence-corrected chi connectivity index (χ4v) is 2.02. The third kappa shape index (κ3) is 2.78. The first-order valence-electron chi connectivity index (χ1n) is 5.03. The van der Waals surface area contributed by atoms with Gasteiger partial charge in [0.1, 0.15) is 0 Å². The van der Waals surface area contributed by atoms with Gasteiger partial charge in [0.25, 0.3) is 0 Å². The zero-order chi connectivity index (χ0) is 11.3. The number of alkyl halides is 1. The van der Waals surface area contributed by atoms with Gasteiger partial charge in [-0.3, -0.25) is 0 Å². The molecule has 1 aromatic carbocycles. The average Bonchev–Trinajstić information content (AvgIpc) is 2.29. The summed E-state index contributed by atoms with van der Waals surface area (Å²) in [4.78, 5) is 0. The summed E-state index contributed by atoms with van der Waals surface area (Å²) in [5.74, 6) is 0. The van der Waals surface area contributed by atoms with Crippen molar-refractivity contribution in [1.82, 2.24) is 0 Å². The Morgan fingerprint density at radius 3 is 1.87 bits per heavy atom. The van der Waals surface area contributed by atoms with Gasteiger partial charge in [-0.1, -0.05) is 15.9 Å². The Morgan fingerprint density at radius 2 is 1.53 bits per heavy atom. The molecular formula is C11H18BrN3. The van der Waals surface area contributed by atoms with E-state index in [9.17, 15) is 0 Å². The number of hydrogen-bond acceptors (Lipinski definition) is 3. The van der Waals surface area contributed by atoms with E-state index in [4.69, 9.17) is 0 Å². The number of rotatable bonds is 5. The van der Waals surface area contributed by atoms with Gasteiger partial charge in [0.2, 0.25) is 0 Å². The molecule has 0 saturated heterocycles. The van der Waals surface area contributed by atoms with Gasteiger partial charge in [0.15, 0.2) is 0 Å². The van der Waals surface area contributed by atoms with Gasteiger partial charge >= 0.3 is 0 Å². The molecule has 0 aliphatic carbocycles. The highest BCUT2D eigenvalue weighted by Crippen LogP contribution is 2.29. The Bertz CT molecular complexity index is 301. The Labute approximate surface area is 99.8 Å². The van der Waals surface area contributed by atoms with Crippen LogP contribution in [0.25, 0.3) is 0 Å². The summed E-state index contributed by atoms with van der Waals surface area (Å²) in [7, 11) is 5.83. The van der Waals surface area contributed by atoms with Crippen LogP contribution in [-0.4, -0.2) is 26.5 Å². The van der Waals surface area contributed by atoms with Crippen molar-refractivity contribution in [3.8, 4) is 0 Å². The zero-order valence-corrected chi connectivity index (χ0v) is 11.0. The third-order valence-corrected chi connectivity index (χ3v) is 2.82. The molecule has 84 valence electrons. The first kappa shape index (κ1) is 12.2. The maximum Gasteiger partial charge on any atom is 0.0411 e. The molecule has 0 aliphatic rings. The molecule has 0 saturated carbocycles. The van der Waals surface area contributed by atoms with E-state index in [1.807, 2.05) is 21.1 Å². The monoisotopic (exact) mass is 271 g/mol. The Kier molecular flexibility index (Phi) is 4.75. The average molecular weight is 272 g/mol. The van der Waals surface area contributed by atoms with E-state index in [0.717, 1.165) is 17.4 Å². The van der Waals surface area contributed by atoms with Crippen LogP contribution in [0.3, 0.4) is 0 Å². The van der Waals surface area contributed by atoms with Crippen LogP contribution in [-0.2, 0) is 6.42 Å². The summed E-state index contributed by atoms with van der Waals surface area (Å²) in [5.41, 5.74) is 4.77. The Hall–Kier alpha value is -0.900. The van der Waals surface area contributed by atoms with E-state index in [0.29, 0.717) is 0 Å². The summed E-state index contributed by atoms with van der Waals surface area (Å²) >= 11 is 3.48. The fourth-order valence-electron chi connectivity index (χ4n) is 1.63. The molecule has 0 heterocycles. The summed E-state index contributed by atoms with van der Waals surface area (Å²) in [6.45, 7) is 0. The van der Waals surface area contributed by atoms with E-state index < -0.39 is 0 Å². The van der Waals surface area contributed by atoms with Crippen LogP contribution in [0, 0.1) is 0 Å². The highest BCUT2D eigenvalue weighted by Gasteiger charge is 2.08. The maximum atomic E-state index is 3.48. The fraction of sp³-hybridized carbons (Fsp3) is 0.455. The van der Waals surface area contributed by atoms with Crippen LogP contribution in [0.15, 0.2) is 12.1 Å². The molecule has 0 atom stereocenters. The largest absolute Gasteiger partial charge is 0.388 e. The maximum absolute atomic E-state index is 3.48. The van der Waals surface area contributed by atoms with Crippen LogP contribution in [0.1, 0.15) is 5.56 Å². The number of benzene rings is 1. The summed E-state index contributed by atoms with van der Waals surface area (Å²) in [6, 6.07) is 4.25. The second-order valence-electron chi connectivity index (χ2n) is 3.24. The van der Waals surface area contributed by atoms with Crippen LogP contribution >= 0.6 is 15.9 Å². The van der Waals surface area contributed by atoms with E-state index >= 15 is 0 Å². The van der Waals surface area contributed by atoms with Gasteiger partial charge in [-0.15, -0.1) is 0 Å². The number of nitrogens with one attached hydrogen (secondary N) is 3. The van der Waals surface area contributed by atoms with Crippen molar-refractivity contribution in [2.45, 2.75) is 6.42 Å². The molecular weight excluding hydrogens is 254 g/mol. The van der Waals surface area contributed by atoms with Gasteiger partial charge in [-0.25, -0.2) is 0 Å². The molecule has 0 aromatic heterocycles. The molecule has 0 radical (unpaired) electrons. The van der Waals surface area contributed by atoms with E-state index in [2.05, 4.69) is 44.0 Å². The third-order valence-electron chi connectivity index (χ3n) is 2.42. The summed E-state index contributed by atoms with van der Waals surface area (Å²) < 4.78 is 0. The molecule has 0 spiro atoms. The lowest BCUT2D eigenvalue weighted by Gasteiger charge is -2.16. The molecule has 4 heteroatoms. The van der Waals surface area contributed by atoms with Crippen molar-refractivity contribution in [2.24, 2.45) is 0 Å². The zero-order valence-electron chi connectivity index (χ0n) is 9.45. The van der Waals surface area contributed by atoms with Crippen LogP contribution in [0.4, 0.5) is 17.1 Å². The summed E-state index contributed by atoms with van der Waals surface area (Å²) in [6.07, 6.45) is 1.01. The van der Waals surface area contributed by atoms with Crippen molar-refractivity contribution in [1.29, 1.82) is 0 Å². The minimum Gasteiger partial charge on any atom is -0.388 e. The molecule has 15 heavy (non-hydrogen) atoms. The molecule has 1 aromatic rings. The topological polar surface area (TPSA) is 36.1 Å². The van der Waals surface area contributed by atoms with E-state index in [-0.39, 0.29) is 0 Å². The van der Waals surface area contributed by atoms with E-state index in [1.165, 1.54) is 16.9 Å². The molecule has 3 N–H and O–H groups in total. The molecule has 0 fully saturated rings. The normalized spacial score (nSPS) is 9.87. The second kappa shape index (κ2) is 5.85. The van der Waals surface area contributed by atoms with Crippen molar-refractivity contribution in [2.75, 3.05) is 42.4 Å². The van der Waals surface area contributed by atoms with Crippen LogP contribution in [0.2, 0.25) is 0 Å². The number of anilines is 3. The molecule has 0 bridgehead atoms. The van der Waals surface area contributed by atoms with Crippen molar-refractivity contribution in [3.63, 3.8) is 0 Å². The molecule has 0 aliphatic heterocycles. The van der Waals surface area contributed by atoms with Crippen LogP contribution in [0.5, 0.6) is 0 Å². The predicted octanol–water partition coefficient (Wildman–Crippen LogP) is 2.75. The van der Waals surface area contributed by atoms with Gasteiger partial charge in [0.05, 0.1) is 0 Å². The highest BCUT2D eigenvalue weighted by molar-refractivity contribution is 9.09. The highest BCUT2D eigenvalue weighted by atomic mass is 79.9. The lowest BCUT2D eigenvalue weighted by molar-refractivity contribution is 1.16. The molecule has 3 nitrogen and oxygen atoms in total. The van der Waals surface area contributed by atoms with Gasteiger partial charge in [-0.2, -0.15) is 0 Å². The first-order valence-corrected chi connectivity index (χ1v) is 6.15. The quantitative estimate of drug-likeness (QED) is 0.721. The first-order chi connectivity index (χ1) is 7.26. The van der Waals surface area contributed by atoms with Gasteiger partial charge in [-0.05, 0) is 24.1 Å². The standard InChI is InChI=1S/C11H18BrN3/c1-13-8-6-10(14-2)9(4-5-12)11(7-8)15-3/h6-7,13-15H,4-5H2,1-3H3. The minimum absolute atomic E-state index is 0.968. The Morgan fingerprint density at radius 1 is 1.00 bits per heavy atom. The van der Waals surface area contributed by atoms with Crippen molar-refractivity contribution < 1.29 is 0 Å². The van der Waals surface area contributed by atoms with E-state index in [1.54, 1.807) is 0 Å². The lowest BCUT2D eigenvalue weighted by Crippen LogP contribution is -2.03. The number of hydrogen-bond donors (Lipinski definition) is 3. The summed E-state index contributed by atoms with van der Waals surface area (Å²) in [5, 5.41) is 10.6. The molecule has 0 amide bonds. The molecule has 0 unspecified atom stereocenters. The van der Waals surface area contributed by atoms with Gasteiger partial charge in [0, 0.05) is 43.5 Å². The van der Waals surface area contributed by atoms with Crippen molar-refractivity contribution >= 4 is 33.0 Å².